The summed E-state index contributed by atoms with van der Waals surface area (Å²) in [5, 5.41) is 0.941. The Balaban J connectivity index is 1.91. The Morgan fingerprint density at radius 1 is 1.03 bits per heavy atom. The standard InChI is InChI=1S/C22H24N4O2S/c1-13-6-17(21-18(7-13)24-15(10-23-21)12-27-4)22-25-20-14(11-26(2)3)8-16(28-5)9-19(20)29-22/h6-10H,11-12H2,1-5H3. The molecule has 2 heterocycles. The monoisotopic (exact) mass is 408 g/mol. The summed E-state index contributed by atoms with van der Waals surface area (Å²) in [7, 11) is 7.47. The predicted molar refractivity (Wildman–Crippen MR) is 118 cm³/mol. The highest BCUT2D eigenvalue weighted by molar-refractivity contribution is 7.21. The lowest BCUT2D eigenvalue weighted by Gasteiger charge is -2.11. The second-order valence-electron chi connectivity index (χ2n) is 7.36. The van der Waals surface area contributed by atoms with Crippen LogP contribution in [-0.2, 0) is 17.9 Å². The van der Waals surface area contributed by atoms with E-state index in [1.54, 1.807) is 31.8 Å². The van der Waals surface area contributed by atoms with Gasteiger partial charge in [0.05, 0.1) is 46.9 Å². The van der Waals surface area contributed by atoms with Crippen LogP contribution in [0, 0.1) is 6.92 Å². The summed E-state index contributed by atoms with van der Waals surface area (Å²) in [5.74, 6) is 0.850. The number of aryl methyl sites for hydroxylation is 1. The van der Waals surface area contributed by atoms with Crippen LogP contribution in [0.4, 0.5) is 0 Å². The van der Waals surface area contributed by atoms with Crippen LogP contribution >= 0.6 is 11.3 Å². The van der Waals surface area contributed by atoms with Crippen molar-refractivity contribution in [3.05, 3.63) is 47.3 Å². The van der Waals surface area contributed by atoms with Crippen molar-refractivity contribution in [1.82, 2.24) is 19.9 Å². The number of rotatable bonds is 6. The Bertz CT molecular complexity index is 1190. The number of hydrogen-bond acceptors (Lipinski definition) is 7. The highest BCUT2D eigenvalue weighted by atomic mass is 32.1. The first-order valence-corrected chi connectivity index (χ1v) is 10.2. The fraction of sp³-hybridized carbons (Fsp3) is 0.318. The van der Waals surface area contributed by atoms with Crippen LogP contribution in [0.15, 0.2) is 30.5 Å². The van der Waals surface area contributed by atoms with E-state index in [0.29, 0.717) is 6.61 Å². The van der Waals surface area contributed by atoms with Gasteiger partial charge >= 0.3 is 0 Å². The molecule has 0 bridgehead atoms. The number of methoxy groups -OCH3 is 2. The average Bonchev–Trinajstić information content (AvgIpc) is 3.11. The summed E-state index contributed by atoms with van der Waals surface area (Å²) in [6.07, 6.45) is 1.78. The fourth-order valence-corrected chi connectivity index (χ4v) is 4.51. The number of hydrogen-bond donors (Lipinski definition) is 0. The van der Waals surface area contributed by atoms with E-state index < -0.39 is 0 Å². The van der Waals surface area contributed by atoms with Gasteiger partial charge in [0.1, 0.15) is 10.8 Å². The van der Waals surface area contributed by atoms with Gasteiger partial charge in [-0.15, -0.1) is 11.3 Å². The van der Waals surface area contributed by atoms with E-state index in [1.165, 1.54) is 0 Å². The van der Waals surface area contributed by atoms with Crippen molar-refractivity contribution >= 4 is 32.6 Å². The normalized spacial score (nSPS) is 11.7. The molecule has 2 aromatic heterocycles. The molecule has 2 aromatic carbocycles. The van der Waals surface area contributed by atoms with Crippen LogP contribution in [0.25, 0.3) is 31.8 Å². The van der Waals surface area contributed by atoms with Crippen molar-refractivity contribution < 1.29 is 9.47 Å². The van der Waals surface area contributed by atoms with Crippen LogP contribution in [0.2, 0.25) is 0 Å². The summed E-state index contributed by atoms with van der Waals surface area (Å²) >= 11 is 1.66. The van der Waals surface area contributed by atoms with Gasteiger partial charge in [-0.1, -0.05) is 0 Å². The van der Waals surface area contributed by atoms with E-state index in [0.717, 1.165) is 60.9 Å². The van der Waals surface area contributed by atoms with Gasteiger partial charge in [-0.25, -0.2) is 9.97 Å². The van der Waals surface area contributed by atoms with Gasteiger partial charge in [0, 0.05) is 19.2 Å². The third-order valence-corrected chi connectivity index (χ3v) is 5.67. The number of aromatic nitrogens is 3. The predicted octanol–water partition coefficient (Wildman–Crippen LogP) is 4.43. The number of benzene rings is 2. The van der Waals surface area contributed by atoms with Crippen LogP contribution < -0.4 is 4.74 Å². The molecule has 4 aromatic rings. The van der Waals surface area contributed by atoms with Gasteiger partial charge in [0.2, 0.25) is 0 Å². The molecule has 150 valence electrons. The molecule has 7 heteroatoms. The Kier molecular flexibility index (Phi) is 5.45. The SMILES string of the molecule is COCc1cnc2c(-c3nc4c(CN(C)C)cc(OC)cc4s3)cc(C)cc2n1. The number of nitrogens with zero attached hydrogens (tertiary/aromatic N) is 4. The minimum Gasteiger partial charge on any atom is -0.497 e. The average molecular weight is 409 g/mol. The van der Waals surface area contributed by atoms with Crippen LogP contribution in [0.3, 0.4) is 0 Å². The summed E-state index contributed by atoms with van der Waals surface area (Å²) in [5.41, 5.74) is 6.83. The Hall–Kier alpha value is -2.61. The molecule has 4 rings (SSSR count). The summed E-state index contributed by atoms with van der Waals surface area (Å²) in [6.45, 7) is 3.31. The van der Waals surface area contributed by atoms with E-state index >= 15 is 0 Å². The summed E-state index contributed by atoms with van der Waals surface area (Å²) < 4.78 is 11.8. The molecule has 0 N–H and O–H groups in total. The van der Waals surface area contributed by atoms with Gasteiger partial charge in [-0.3, -0.25) is 4.98 Å². The Morgan fingerprint density at radius 2 is 1.86 bits per heavy atom. The molecule has 0 unspecified atom stereocenters. The number of fused-ring (bicyclic) bond motifs is 2. The van der Waals surface area contributed by atoms with Gasteiger partial charge in [0.15, 0.2) is 0 Å². The molecule has 6 nitrogen and oxygen atoms in total. The van der Waals surface area contributed by atoms with Crippen LogP contribution in [0.1, 0.15) is 16.8 Å². The third-order valence-electron chi connectivity index (χ3n) is 4.63. The highest BCUT2D eigenvalue weighted by Gasteiger charge is 2.16. The zero-order valence-electron chi connectivity index (χ0n) is 17.3. The smallest absolute Gasteiger partial charge is 0.126 e. The first-order chi connectivity index (χ1) is 14.0. The lowest BCUT2D eigenvalue weighted by atomic mass is 10.1. The molecule has 0 saturated heterocycles. The maximum absolute atomic E-state index is 5.51. The summed E-state index contributed by atoms with van der Waals surface area (Å²) in [6, 6.07) is 8.30. The molecule has 0 spiro atoms. The van der Waals surface area contributed by atoms with Crippen LogP contribution in [0.5, 0.6) is 5.75 Å². The molecule has 0 aliphatic heterocycles. The molecule has 0 amide bonds. The number of thiazole rings is 1. The molecule has 0 saturated carbocycles. The molecule has 0 aliphatic carbocycles. The van der Waals surface area contributed by atoms with E-state index in [4.69, 9.17) is 19.4 Å². The van der Waals surface area contributed by atoms with E-state index in [2.05, 4.69) is 55.2 Å². The Labute approximate surface area is 174 Å². The van der Waals surface area contributed by atoms with Crippen LogP contribution in [-0.4, -0.2) is 48.2 Å². The third kappa shape index (κ3) is 3.94. The molecular weight excluding hydrogens is 384 g/mol. The van der Waals surface area contributed by atoms with Gasteiger partial charge in [-0.2, -0.15) is 0 Å². The van der Waals surface area contributed by atoms with E-state index in [9.17, 15) is 0 Å². The zero-order chi connectivity index (χ0) is 20.5. The molecule has 0 aliphatic rings. The highest BCUT2D eigenvalue weighted by Crippen LogP contribution is 2.37. The largest absolute Gasteiger partial charge is 0.497 e. The molecular formula is C22H24N4O2S. The van der Waals surface area contributed by atoms with E-state index in [1.807, 2.05) is 0 Å². The molecule has 0 radical (unpaired) electrons. The fourth-order valence-electron chi connectivity index (χ4n) is 3.45. The quantitative estimate of drug-likeness (QED) is 0.470. The van der Waals surface area contributed by atoms with Crippen molar-refractivity contribution in [2.24, 2.45) is 0 Å². The second-order valence-corrected chi connectivity index (χ2v) is 8.40. The van der Waals surface area contributed by atoms with Crippen molar-refractivity contribution in [1.29, 1.82) is 0 Å². The topological polar surface area (TPSA) is 60.4 Å². The number of ether oxygens (including phenoxy) is 2. The van der Waals surface area contributed by atoms with E-state index in [-0.39, 0.29) is 0 Å². The van der Waals surface area contributed by atoms with Crippen molar-refractivity contribution in [2.75, 3.05) is 28.3 Å². The minimum atomic E-state index is 0.445. The lowest BCUT2D eigenvalue weighted by molar-refractivity contribution is 0.181. The van der Waals surface area contributed by atoms with Crippen molar-refractivity contribution in [2.45, 2.75) is 20.1 Å². The maximum Gasteiger partial charge on any atom is 0.126 e. The first kappa shape index (κ1) is 19.7. The van der Waals surface area contributed by atoms with Crippen molar-refractivity contribution in [3.8, 4) is 16.3 Å². The molecule has 0 atom stereocenters. The summed E-state index contributed by atoms with van der Waals surface area (Å²) in [4.78, 5) is 16.5. The Morgan fingerprint density at radius 3 is 2.59 bits per heavy atom. The lowest BCUT2D eigenvalue weighted by Crippen LogP contribution is -2.11. The second kappa shape index (κ2) is 8.02. The zero-order valence-corrected chi connectivity index (χ0v) is 18.1. The maximum atomic E-state index is 5.51. The minimum absolute atomic E-state index is 0.445. The first-order valence-electron chi connectivity index (χ1n) is 9.36. The van der Waals surface area contributed by atoms with Gasteiger partial charge in [-0.05, 0) is 56.4 Å². The van der Waals surface area contributed by atoms with Crippen molar-refractivity contribution in [3.63, 3.8) is 0 Å². The van der Waals surface area contributed by atoms with Gasteiger partial charge in [0.25, 0.3) is 0 Å². The molecule has 29 heavy (non-hydrogen) atoms. The van der Waals surface area contributed by atoms with Gasteiger partial charge < -0.3 is 14.4 Å². The molecule has 0 fully saturated rings.